The Labute approximate surface area is 196 Å². The van der Waals surface area contributed by atoms with Gasteiger partial charge in [0.05, 0.1) is 23.4 Å². The van der Waals surface area contributed by atoms with Crippen molar-refractivity contribution in [2.45, 2.75) is 26.5 Å². The lowest BCUT2D eigenvalue weighted by Crippen LogP contribution is -2.26. The van der Waals surface area contributed by atoms with Gasteiger partial charge in [-0.05, 0) is 37.8 Å². The molecule has 5 rings (SSSR count). The first-order valence-electron chi connectivity index (χ1n) is 11.5. The van der Waals surface area contributed by atoms with Crippen LogP contribution < -0.4 is 10.3 Å². The topological polar surface area (TPSA) is 116 Å². The van der Waals surface area contributed by atoms with Gasteiger partial charge in [-0.1, -0.05) is 25.3 Å². The van der Waals surface area contributed by atoms with Crippen LogP contribution in [0.2, 0.25) is 12.6 Å². The molecular weight excluding hydrogens is 431 g/mol. The molecule has 3 aromatic rings. The Morgan fingerprint density at radius 1 is 1.41 bits per heavy atom. The molecule has 9 nitrogen and oxygen atoms in total. The molecule has 3 aromatic heterocycles. The fourth-order valence-corrected chi connectivity index (χ4v) is 5.41. The van der Waals surface area contributed by atoms with Crippen molar-refractivity contribution in [1.29, 1.82) is 5.26 Å². The molecule has 0 bridgehead atoms. The molecule has 0 aliphatic carbocycles. The number of ether oxygens (including phenoxy) is 1. The van der Waals surface area contributed by atoms with Gasteiger partial charge in [-0.3, -0.25) is 9.20 Å². The minimum absolute atomic E-state index is 0.0807. The second-order valence-corrected chi connectivity index (χ2v) is 8.87. The zero-order valence-corrected chi connectivity index (χ0v) is 19.2. The Kier molecular flexibility index (Phi) is 5.48. The van der Waals surface area contributed by atoms with E-state index in [1.807, 2.05) is 19.1 Å². The van der Waals surface area contributed by atoms with Crippen LogP contribution in [0.5, 0.6) is 0 Å². The van der Waals surface area contributed by atoms with Crippen LogP contribution in [0.4, 0.5) is 5.95 Å². The van der Waals surface area contributed by atoms with E-state index in [0.29, 0.717) is 34.8 Å². The molecular formula is C24H25BN6O3. The first-order chi connectivity index (χ1) is 16.5. The van der Waals surface area contributed by atoms with Crippen molar-refractivity contribution in [2.24, 2.45) is 11.8 Å². The second kappa shape index (κ2) is 8.48. The monoisotopic (exact) mass is 456 g/mol. The maximum absolute atomic E-state index is 13.4. The number of pyridine rings is 1. The molecule has 10 heteroatoms. The molecule has 0 saturated carbocycles. The zero-order chi connectivity index (χ0) is 24.0. The van der Waals surface area contributed by atoms with Gasteiger partial charge in [-0.15, -0.1) is 0 Å². The summed E-state index contributed by atoms with van der Waals surface area (Å²) < 4.78 is 6.96. The minimum atomic E-state index is -0.695. The van der Waals surface area contributed by atoms with Gasteiger partial charge in [0.2, 0.25) is 11.4 Å². The molecule has 2 unspecified atom stereocenters. The van der Waals surface area contributed by atoms with E-state index in [4.69, 9.17) is 9.72 Å². The van der Waals surface area contributed by atoms with Crippen LogP contribution in [0, 0.1) is 23.1 Å². The smallest absolute Gasteiger partial charge is 0.345 e. The number of aromatic nitrogens is 4. The van der Waals surface area contributed by atoms with Crippen molar-refractivity contribution in [3.05, 3.63) is 46.0 Å². The number of nitriles is 1. The van der Waals surface area contributed by atoms with Crippen molar-refractivity contribution >= 4 is 47.5 Å². The highest BCUT2D eigenvalue weighted by Gasteiger charge is 2.43. The second-order valence-electron chi connectivity index (χ2n) is 8.87. The van der Waals surface area contributed by atoms with E-state index in [2.05, 4.69) is 27.4 Å². The summed E-state index contributed by atoms with van der Waals surface area (Å²) in [5, 5.41) is 9.51. The number of fused-ring (bicyclic) bond motifs is 4. The van der Waals surface area contributed by atoms with Crippen LogP contribution in [-0.4, -0.2) is 51.7 Å². The quantitative estimate of drug-likeness (QED) is 0.463. The van der Waals surface area contributed by atoms with Gasteiger partial charge in [0.1, 0.15) is 11.2 Å². The average molecular weight is 456 g/mol. The molecule has 2 aliphatic rings. The van der Waals surface area contributed by atoms with Gasteiger partial charge >= 0.3 is 5.97 Å². The van der Waals surface area contributed by atoms with Crippen molar-refractivity contribution in [2.75, 3.05) is 24.6 Å². The average Bonchev–Trinajstić information content (AvgIpc) is 3.51. The third-order valence-corrected chi connectivity index (χ3v) is 6.89. The number of nitrogens with zero attached hydrogens (tertiary/aromatic N) is 5. The number of carbonyl (C=O) groups is 1. The van der Waals surface area contributed by atoms with Crippen molar-refractivity contribution in [1.82, 2.24) is 19.4 Å². The summed E-state index contributed by atoms with van der Waals surface area (Å²) in [4.78, 5) is 40.8. The van der Waals surface area contributed by atoms with E-state index in [0.717, 1.165) is 31.4 Å². The van der Waals surface area contributed by atoms with E-state index >= 15 is 0 Å². The number of anilines is 1. The highest BCUT2D eigenvalue weighted by Crippen LogP contribution is 2.39. The summed E-state index contributed by atoms with van der Waals surface area (Å²) in [6.07, 6.45) is 8.71. The van der Waals surface area contributed by atoms with Gasteiger partial charge in [0, 0.05) is 25.3 Å². The molecule has 34 heavy (non-hydrogen) atoms. The minimum Gasteiger partial charge on any atom is -0.462 e. The van der Waals surface area contributed by atoms with Crippen molar-refractivity contribution in [3.63, 3.8) is 0 Å². The van der Waals surface area contributed by atoms with Crippen LogP contribution in [0.3, 0.4) is 0 Å². The maximum atomic E-state index is 13.4. The van der Waals surface area contributed by atoms with Gasteiger partial charge in [0.25, 0.3) is 6.71 Å². The number of hydrogen-bond acceptors (Lipinski definition) is 7. The lowest BCUT2D eigenvalue weighted by molar-refractivity contribution is 0.0527. The summed E-state index contributed by atoms with van der Waals surface area (Å²) in [6.45, 7) is 9.33. The van der Waals surface area contributed by atoms with E-state index < -0.39 is 11.4 Å². The van der Waals surface area contributed by atoms with Gasteiger partial charge in [-0.25, -0.2) is 15.0 Å². The normalized spacial score (nSPS) is 19.8. The fourth-order valence-electron chi connectivity index (χ4n) is 5.41. The fraction of sp³-hybridized carbons (Fsp3) is 0.375. The van der Waals surface area contributed by atoms with Crippen LogP contribution >= 0.6 is 0 Å². The highest BCUT2D eigenvalue weighted by molar-refractivity contribution is 6.67. The summed E-state index contributed by atoms with van der Waals surface area (Å²) in [5.41, 5.74) is 1.57. The van der Waals surface area contributed by atoms with E-state index in [1.54, 1.807) is 17.4 Å². The Balaban J connectivity index is 1.71. The Morgan fingerprint density at radius 2 is 2.15 bits per heavy atom. The molecule has 5 heterocycles. The number of carbonyl (C=O) groups excluding carboxylic acids is 1. The number of allylic oxidation sites excluding steroid dienone is 1. The Morgan fingerprint density at radius 3 is 2.76 bits per heavy atom. The summed E-state index contributed by atoms with van der Waals surface area (Å²) >= 11 is 0. The maximum Gasteiger partial charge on any atom is 0.345 e. The first-order valence-corrected chi connectivity index (χ1v) is 11.5. The van der Waals surface area contributed by atoms with Gasteiger partial charge in [0.15, 0.2) is 5.65 Å². The standard InChI is InChI=1S/C24H25BN6O3/c1-4-7-18-17(5-2)28-22-19(23(33)34-6-3)20(32)16-10-27-24(29-21(16)31(18)22)30-11-14-8-25(13-26)9-15(14)12-30/h4-5,7,10,14-15,28H,2,6,8-9,11-12H2,1,3H3/b7-4-. The molecule has 2 aliphatic heterocycles. The molecule has 2 atom stereocenters. The largest absolute Gasteiger partial charge is 0.462 e. The Bertz CT molecular complexity index is 1440. The van der Waals surface area contributed by atoms with E-state index in [9.17, 15) is 14.9 Å². The number of nitrogens with one attached hydrogen (secondary N) is 1. The molecule has 0 aromatic carbocycles. The summed E-state index contributed by atoms with van der Waals surface area (Å²) in [6, 6.07) is 0. The molecule has 172 valence electrons. The third kappa shape index (κ3) is 3.31. The highest BCUT2D eigenvalue weighted by atomic mass is 16.5. The third-order valence-electron chi connectivity index (χ3n) is 6.89. The molecule has 0 amide bonds. The van der Waals surface area contributed by atoms with Gasteiger partial charge in [-0.2, -0.15) is 4.98 Å². The molecule has 2 saturated heterocycles. The van der Waals surface area contributed by atoms with Crippen molar-refractivity contribution in [3.8, 4) is 5.97 Å². The van der Waals surface area contributed by atoms with E-state index in [1.165, 1.54) is 6.20 Å². The van der Waals surface area contributed by atoms with Crippen LogP contribution in [-0.2, 0) is 4.74 Å². The SMILES string of the molecule is C=Cc1[nH]c2c(C(=O)OCC)c(=O)c3cnc(N4CC5CB(C#N)CC5C4)nc3n2c1/C=C\C. The summed E-state index contributed by atoms with van der Waals surface area (Å²) in [7, 11) is 0. The van der Waals surface area contributed by atoms with Crippen LogP contribution in [0.25, 0.3) is 28.8 Å². The Hall–Kier alpha value is -3.87. The molecule has 2 fully saturated rings. The number of rotatable bonds is 5. The lowest BCUT2D eigenvalue weighted by atomic mass is 9.49. The zero-order valence-electron chi connectivity index (χ0n) is 19.2. The molecule has 1 N–H and O–H groups in total. The summed E-state index contributed by atoms with van der Waals surface area (Å²) in [5.74, 6) is 3.16. The molecule has 0 spiro atoms. The van der Waals surface area contributed by atoms with Crippen LogP contribution in [0.15, 0.2) is 23.6 Å². The first kappa shape index (κ1) is 22.0. The number of imidazole rings is 1. The van der Waals surface area contributed by atoms with Crippen LogP contribution in [0.1, 0.15) is 35.6 Å². The number of aromatic amines is 1. The molecule has 0 radical (unpaired) electrons. The predicted molar refractivity (Wildman–Crippen MR) is 132 cm³/mol. The van der Waals surface area contributed by atoms with Gasteiger partial charge < -0.3 is 14.6 Å². The lowest BCUT2D eigenvalue weighted by Gasteiger charge is -2.18. The number of hydrogen-bond donors (Lipinski definition) is 1. The number of esters is 1. The van der Waals surface area contributed by atoms with E-state index in [-0.39, 0.29) is 24.3 Å². The predicted octanol–water partition coefficient (Wildman–Crippen LogP) is 3.05. The van der Waals surface area contributed by atoms with Crippen molar-refractivity contribution < 1.29 is 9.53 Å². The number of H-pyrrole nitrogens is 1.